The monoisotopic (exact) mass is 492 g/mol. The van der Waals surface area contributed by atoms with E-state index in [1.54, 1.807) is 31.2 Å². The molecule has 0 saturated carbocycles. The Morgan fingerprint density at radius 1 is 1.26 bits per heavy atom. The number of sulfone groups is 1. The smallest absolute Gasteiger partial charge is 0.264 e. The number of halogens is 1. The van der Waals surface area contributed by atoms with Crippen molar-refractivity contribution in [2.45, 2.75) is 56.5 Å². The second-order valence-electron chi connectivity index (χ2n) is 8.90. The Kier molecular flexibility index (Phi) is 7.74. The van der Waals surface area contributed by atoms with Gasteiger partial charge in [-0.05, 0) is 55.9 Å². The van der Waals surface area contributed by atoms with Crippen LogP contribution in [0.4, 0.5) is 4.39 Å². The van der Waals surface area contributed by atoms with Gasteiger partial charge in [0.25, 0.3) is 5.91 Å². The first-order chi connectivity index (χ1) is 15.9. The fourth-order valence-corrected chi connectivity index (χ4v) is 4.75. The molecule has 2 aromatic carbocycles. The summed E-state index contributed by atoms with van der Waals surface area (Å²) >= 11 is 0. The van der Waals surface area contributed by atoms with Gasteiger partial charge in [0.1, 0.15) is 16.7 Å². The van der Waals surface area contributed by atoms with Crippen molar-refractivity contribution >= 4 is 21.5 Å². The van der Waals surface area contributed by atoms with Crippen LogP contribution in [-0.2, 0) is 25.9 Å². The van der Waals surface area contributed by atoms with E-state index in [2.05, 4.69) is 5.16 Å². The number of oxime groups is 1. The van der Waals surface area contributed by atoms with E-state index in [9.17, 15) is 22.7 Å². The zero-order valence-electron chi connectivity index (χ0n) is 19.3. The second-order valence-corrected chi connectivity index (χ2v) is 11.3. The van der Waals surface area contributed by atoms with Crippen LogP contribution in [0, 0.1) is 5.82 Å². The van der Waals surface area contributed by atoms with E-state index in [1.807, 2.05) is 12.1 Å². The number of aliphatic hydroxyl groups is 1. The molecule has 3 rings (SSSR count). The number of rotatable bonds is 9. The normalized spacial score (nSPS) is 18.5. The first-order valence-electron chi connectivity index (χ1n) is 10.9. The molecule has 184 valence electrons. The van der Waals surface area contributed by atoms with E-state index in [0.717, 1.165) is 17.4 Å². The number of nitrogens with one attached hydrogen (secondary N) is 1. The standard InChI is InChI=1S/C24H29FN2O6S/c1-15(28)12-16-4-9-20(21(25)13-16)17-5-7-18(8-6-17)22-14-19(33-27-22)10-11-24(2,23(29)26-30)34(3,31)32/h4-9,13,15,19,28,30H,10-12,14H2,1-3H3,(H,26,29)/t15-,19+,24-/m1/s1. The molecule has 1 aliphatic heterocycles. The van der Waals surface area contributed by atoms with Crippen LogP contribution in [0.2, 0.25) is 0 Å². The van der Waals surface area contributed by atoms with Crippen LogP contribution in [0.15, 0.2) is 47.6 Å². The molecule has 1 amide bonds. The molecule has 10 heteroatoms. The lowest BCUT2D eigenvalue weighted by molar-refractivity contribution is -0.131. The molecule has 0 aliphatic carbocycles. The van der Waals surface area contributed by atoms with Gasteiger partial charge in [0.05, 0.1) is 11.8 Å². The predicted molar refractivity (Wildman–Crippen MR) is 126 cm³/mol. The van der Waals surface area contributed by atoms with E-state index in [4.69, 9.17) is 10.0 Å². The van der Waals surface area contributed by atoms with Crippen molar-refractivity contribution in [2.24, 2.45) is 5.16 Å². The number of benzene rings is 2. The van der Waals surface area contributed by atoms with E-state index in [-0.39, 0.29) is 18.7 Å². The summed E-state index contributed by atoms with van der Waals surface area (Å²) in [6.07, 6.45) is 0.982. The SMILES string of the molecule is C[C@@H](O)Cc1ccc(-c2ccc(C3=NO[C@@H](CC[C@](C)(C(=O)NO)S(C)(=O)=O)C3)cc2)c(F)c1. The quantitative estimate of drug-likeness (QED) is 0.365. The molecule has 0 fully saturated rings. The first kappa shape index (κ1) is 25.8. The van der Waals surface area contributed by atoms with Crippen molar-refractivity contribution in [2.75, 3.05) is 6.26 Å². The topological polar surface area (TPSA) is 125 Å². The molecule has 0 radical (unpaired) electrons. The minimum atomic E-state index is -3.78. The molecule has 3 N–H and O–H groups in total. The molecule has 0 saturated heterocycles. The van der Waals surface area contributed by atoms with Gasteiger partial charge in [-0.1, -0.05) is 41.6 Å². The minimum absolute atomic E-state index is 0.0467. The summed E-state index contributed by atoms with van der Waals surface area (Å²) in [7, 11) is -3.78. The van der Waals surface area contributed by atoms with Gasteiger partial charge in [-0.3, -0.25) is 10.0 Å². The molecule has 8 nitrogen and oxygen atoms in total. The van der Waals surface area contributed by atoms with Gasteiger partial charge >= 0.3 is 0 Å². The zero-order chi connectivity index (χ0) is 25.1. The average molecular weight is 493 g/mol. The van der Waals surface area contributed by atoms with Crippen LogP contribution < -0.4 is 5.48 Å². The molecule has 2 aromatic rings. The van der Waals surface area contributed by atoms with Gasteiger partial charge in [0, 0.05) is 18.2 Å². The summed E-state index contributed by atoms with van der Waals surface area (Å²) < 4.78 is 37.0. The molecule has 0 spiro atoms. The van der Waals surface area contributed by atoms with E-state index < -0.39 is 32.7 Å². The summed E-state index contributed by atoms with van der Waals surface area (Å²) in [6, 6.07) is 12.1. The summed E-state index contributed by atoms with van der Waals surface area (Å²) in [6.45, 7) is 2.92. The summed E-state index contributed by atoms with van der Waals surface area (Å²) in [5, 5.41) is 22.5. The number of carbonyl (C=O) groups is 1. The lowest BCUT2D eigenvalue weighted by Crippen LogP contribution is -2.49. The van der Waals surface area contributed by atoms with Crippen LogP contribution in [0.5, 0.6) is 0 Å². The van der Waals surface area contributed by atoms with Gasteiger partial charge < -0.3 is 9.94 Å². The van der Waals surface area contributed by atoms with Crippen molar-refractivity contribution < 1.29 is 32.8 Å². The van der Waals surface area contributed by atoms with Crippen molar-refractivity contribution in [3.05, 3.63) is 59.4 Å². The number of aliphatic hydroxyl groups excluding tert-OH is 1. The number of hydroxylamine groups is 1. The fraction of sp³-hybridized carbons (Fsp3) is 0.417. The maximum absolute atomic E-state index is 14.6. The maximum atomic E-state index is 14.6. The molecule has 0 aromatic heterocycles. The molecular formula is C24H29FN2O6S. The number of carbonyl (C=O) groups excluding carboxylic acids is 1. The highest BCUT2D eigenvalue weighted by atomic mass is 32.2. The second kappa shape index (κ2) is 10.2. The highest BCUT2D eigenvalue weighted by molar-refractivity contribution is 7.92. The Morgan fingerprint density at radius 3 is 2.47 bits per heavy atom. The Hall–Kier alpha value is -2.82. The Labute approximate surface area is 198 Å². The molecule has 34 heavy (non-hydrogen) atoms. The lowest BCUT2D eigenvalue weighted by Gasteiger charge is -2.25. The van der Waals surface area contributed by atoms with Crippen molar-refractivity contribution in [1.82, 2.24) is 5.48 Å². The molecule has 1 heterocycles. The summed E-state index contributed by atoms with van der Waals surface area (Å²) in [5.74, 6) is -1.36. The summed E-state index contributed by atoms with van der Waals surface area (Å²) in [5.41, 5.74) is 4.75. The Morgan fingerprint density at radius 2 is 1.91 bits per heavy atom. The van der Waals surface area contributed by atoms with Crippen molar-refractivity contribution in [3.63, 3.8) is 0 Å². The van der Waals surface area contributed by atoms with Crippen LogP contribution in [-0.4, -0.2) is 53.6 Å². The third kappa shape index (κ3) is 5.63. The van der Waals surface area contributed by atoms with Gasteiger partial charge in [-0.25, -0.2) is 18.3 Å². The van der Waals surface area contributed by atoms with E-state index in [1.165, 1.54) is 18.5 Å². The van der Waals surface area contributed by atoms with E-state index >= 15 is 0 Å². The van der Waals surface area contributed by atoms with E-state index in [0.29, 0.717) is 29.7 Å². The number of hydrogen-bond donors (Lipinski definition) is 3. The highest BCUT2D eigenvalue weighted by Crippen LogP contribution is 2.29. The van der Waals surface area contributed by atoms with Gasteiger partial charge in [0.15, 0.2) is 9.84 Å². The van der Waals surface area contributed by atoms with Gasteiger partial charge in [0.2, 0.25) is 0 Å². The number of amides is 1. The average Bonchev–Trinajstić information content (AvgIpc) is 3.25. The number of hydrogen-bond acceptors (Lipinski definition) is 7. The third-order valence-electron chi connectivity index (χ3n) is 6.17. The highest BCUT2D eigenvalue weighted by Gasteiger charge is 2.44. The first-order valence-corrected chi connectivity index (χ1v) is 12.8. The number of nitrogens with zero attached hydrogens (tertiary/aromatic N) is 1. The van der Waals surface area contributed by atoms with Crippen LogP contribution in [0.3, 0.4) is 0 Å². The lowest BCUT2D eigenvalue weighted by atomic mass is 9.96. The van der Waals surface area contributed by atoms with Crippen molar-refractivity contribution in [3.8, 4) is 11.1 Å². The molecular weight excluding hydrogens is 463 g/mol. The van der Waals surface area contributed by atoms with Gasteiger partial charge in [-0.2, -0.15) is 0 Å². The Bertz CT molecular complexity index is 1180. The fourth-order valence-electron chi connectivity index (χ4n) is 3.88. The third-order valence-corrected chi connectivity index (χ3v) is 8.20. The largest absolute Gasteiger partial charge is 0.393 e. The minimum Gasteiger partial charge on any atom is -0.393 e. The molecule has 3 atom stereocenters. The predicted octanol–water partition coefficient (Wildman–Crippen LogP) is 3.00. The van der Waals surface area contributed by atoms with Crippen LogP contribution in [0.1, 0.15) is 44.2 Å². The van der Waals surface area contributed by atoms with Crippen LogP contribution in [0.25, 0.3) is 11.1 Å². The van der Waals surface area contributed by atoms with Crippen LogP contribution >= 0.6 is 0 Å². The summed E-state index contributed by atoms with van der Waals surface area (Å²) in [4.78, 5) is 17.4. The maximum Gasteiger partial charge on any atom is 0.264 e. The van der Waals surface area contributed by atoms with Gasteiger partial charge in [-0.15, -0.1) is 0 Å². The van der Waals surface area contributed by atoms with Crippen molar-refractivity contribution in [1.29, 1.82) is 0 Å². The molecule has 0 unspecified atom stereocenters. The Balaban J connectivity index is 1.65. The molecule has 1 aliphatic rings. The molecule has 0 bridgehead atoms. The zero-order valence-corrected chi connectivity index (χ0v) is 20.1.